The van der Waals surface area contributed by atoms with E-state index < -0.39 is 0 Å². The molecule has 0 spiro atoms. The number of aromatic nitrogens is 6. The molecule has 2 aromatic heterocycles. The summed E-state index contributed by atoms with van der Waals surface area (Å²) in [5.74, 6) is 0.732. The minimum atomic E-state index is 0.0442. The highest BCUT2D eigenvalue weighted by molar-refractivity contribution is 6.28. The van der Waals surface area contributed by atoms with Crippen LogP contribution >= 0.6 is 11.6 Å². The number of ether oxygens (including phenoxy) is 1. The van der Waals surface area contributed by atoms with Crippen LogP contribution in [0.15, 0.2) is 12.7 Å². The van der Waals surface area contributed by atoms with Crippen molar-refractivity contribution in [2.75, 3.05) is 25.6 Å². The predicted molar refractivity (Wildman–Crippen MR) is 78.5 cm³/mol. The molecular weight excluding hydrogens is 294 g/mol. The summed E-state index contributed by atoms with van der Waals surface area (Å²) in [6.45, 7) is 5.67. The SMILES string of the molecule is COCCC(C)(C)CNc1nc(Cl)nc(-n2cncn2)n1. The van der Waals surface area contributed by atoms with Gasteiger partial charge in [-0.15, -0.1) is 0 Å². The quantitative estimate of drug-likeness (QED) is 0.830. The van der Waals surface area contributed by atoms with Crippen LogP contribution < -0.4 is 5.32 Å². The molecule has 1 N–H and O–H groups in total. The molecule has 2 rings (SSSR count). The molecular formula is C12H18ClN7O. The van der Waals surface area contributed by atoms with Crippen LogP contribution in [0, 0.1) is 5.41 Å². The van der Waals surface area contributed by atoms with Crippen molar-refractivity contribution in [1.29, 1.82) is 0 Å². The fourth-order valence-corrected chi connectivity index (χ4v) is 1.77. The highest BCUT2D eigenvalue weighted by Gasteiger charge is 2.18. The Morgan fingerprint density at radius 3 is 2.81 bits per heavy atom. The van der Waals surface area contributed by atoms with Crippen molar-refractivity contribution in [2.45, 2.75) is 20.3 Å². The number of hydrogen-bond donors (Lipinski definition) is 1. The van der Waals surface area contributed by atoms with Crippen LogP contribution in [-0.4, -0.2) is 50.0 Å². The summed E-state index contributed by atoms with van der Waals surface area (Å²) in [5.41, 5.74) is 0.0442. The maximum absolute atomic E-state index is 5.92. The molecule has 2 aromatic rings. The van der Waals surface area contributed by atoms with E-state index in [2.05, 4.69) is 44.2 Å². The molecule has 0 aliphatic rings. The van der Waals surface area contributed by atoms with E-state index in [1.54, 1.807) is 7.11 Å². The standard InChI is InChI=1S/C12H18ClN7O/c1-12(2,4-5-21-3)6-15-10-17-9(13)18-11(19-10)20-8-14-7-16-20/h7-8H,4-6H2,1-3H3,(H,15,17,18,19). The average Bonchev–Trinajstić information content (AvgIpc) is 2.97. The first-order chi connectivity index (χ1) is 10.00. The minimum absolute atomic E-state index is 0.0442. The largest absolute Gasteiger partial charge is 0.385 e. The lowest BCUT2D eigenvalue weighted by Gasteiger charge is -2.24. The summed E-state index contributed by atoms with van der Waals surface area (Å²) in [6, 6.07) is 0. The summed E-state index contributed by atoms with van der Waals surface area (Å²) in [6.07, 6.45) is 3.82. The van der Waals surface area contributed by atoms with Crippen molar-refractivity contribution in [2.24, 2.45) is 5.41 Å². The van der Waals surface area contributed by atoms with Crippen molar-refractivity contribution >= 4 is 17.5 Å². The fourth-order valence-electron chi connectivity index (χ4n) is 1.62. The van der Waals surface area contributed by atoms with Crippen molar-refractivity contribution in [3.05, 3.63) is 17.9 Å². The van der Waals surface area contributed by atoms with Gasteiger partial charge >= 0.3 is 0 Å². The normalized spacial score (nSPS) is 11.6. The van der Waals surface area contributed by atoms with Gasteiger partial charge in [-0.25, -0.2) is 4.98 Å². The molecule has 0 aliphatic heterocycles. The van der Waals surface area contributed by atoms with E-state index in [4.69, 9.17) is 16.3 Å². The summed E-state index contributed by atoms with van der Waals surface area (Å²) in [5, 5.41) is 7.25. The van der Waals surface area contributed by atoms with Gasteiger partial charge in [-0.3, -0.25) is 0 Å². The zero-order valence-corrected chi connectivity index (χ0v) is 13.0. The lowest BCUT2D eigenvalue weighted by atomic mass is 9.90. The summed E-state index contributed by atoms with van der Waals surface area (Å²) in [7, 11) is 1.69. The van der Waals surface area contributed by atoms with Gasteiger partial charge in [-0.2, -0.15) is 24.7 Å². The van der Waals surface area contributed by atoms with Crippen LogP contribution in [0.25, 0.3) is 5.95 Å². The molecule has 21 heavy (non-hydrogen) atoms. The smallest absolute Gasteiger partial charge is 0.258 e. The molecule has 0 unspecified atom stereocenters. The number of rotatable bonds is 7. The van der Waals surface area contributed by atoms with Crippen LogP contribution in [0.1, 0.15) is 20.3 Å². The summed E-state index contributed by atoms with van der Waals surface area (Å²) < 4.78 is 6.53. The molecule has 8 nitrogen and oxygen atoms in total. The first-order valence-corrected chi connectivity index (χ1v) is 6.87. The van der Waals surface area contributed by atoms with Crippen LogP contribution in [-0.2, 0) is 4.74 Å². The molecule has 0 aliphatic carbocycles. The number of hydrogen-bond acceptors (Lipinski definition) is 7. The second-order valence-corrected chi connectivity index (χ2v) is 5.67. The second-order valence-electron chi connectivity index (χ2n) is 5.33. The first kappa shape index (κ1) is 15.6. The van der Waals surface area contributed by atoms with Crippen LogP contribution in [0.2, 0.25) is 5.28 Å². The average molecular weight is 312 g/mol. The van der Waals surface area contributed by atoms with E-state index in [1.165, 1.54) is 17.3 Å². The third kappa shape index (κ3) is 4.61. The minimum Gasteiger partial charge on any atom is -0.385 e. The molecule has 0 bridgehead atoms. The Morgan fingerprint density at radius 1 is 1.33 bits per heavy atom. The Balaban J connectivity index is 2.07. The number of methoxy groups -OCH3 is 1. The summed E-state index contributed by atoms with van der Waals surface area (Å²) in [4.78, 5) is 16.2. The van der Waals surface area contributed by atoms with Gasteiger partial charge in [0.25, 0.3) is 5.95 Å². The zero-order valence-electron chi connectivity index (χ0n) is 12.2. The van der Waals surface area contributed by atoms with Crippen LogP contribution in [0.4, 0.5) is 5.95 Å². The molecule has 0 aromatic carbocycles. The summed E-state index contributed by atoms with van der Waals surface area (Å²) >= 11 is 5.92. The van der Waals surface area contributed by atoms with Gasteiger partial charge < -0.3 is 10.1 Å². The topological polar surface area (TPSA) is 90.6 Å². The van der Waals surface area contributed by atoms with Crippen LogP contribution in [0.3, 0.4) is 0 Å². The molecule has 0 radical (unpaired) electrons. The van der Waals surface area contributed by atoms with E-state index in [9.17, 15) is 0 Å². The highest BCUT2D eigenvalue weighted by Crippen LogP contribution is 2.20. The van der Waals surface area contributed by atoms with Crippen molar-refractivity contribution in [3.8, 4) is 5.95 Å². The molecule has 2 heterocycles. The molecule has 0 saturated heterocycles. The molecule has 0 atom stereocenters. The lowest BCUT2D eigenvalue weighted by Crippen LogP contribution is -2.25. The number of nitrogens with one attached hydrogen (secondary N) is 1. The third-order valence-corrected chi connectivity index (χ3v) is 3.10. The maximum Gasteiger partial charge on any atom is 0.258 e. The Kier molecular flexibility index (Phi) is 5.03. The molecule has 0 saturated carbocycles. The van der Waals surface area contributed by atoms with Crippen molar-refractivity contribution in [3.63, 3.8) is 0 Å². The Hall–Kier alpha value is -1.80. The maximum atomic E-state index is 5.92. The van der Waals surface area contributed by atoms with Gasteiger partial charge in [0.15, 0.2) is 0 Å². The van der Waals surface area contributed by atoms with E-state index in [-0.39, 0.29) is 10.7 Å². The van der Waals surface area contributed by atoms with Gasteiger partial charge in [0.05, 0.1) is 0 Å². The van der Waals surface area contributed by atoms with E-state index in [0.717, 1.165) is 6.42 Å². The van der Waals surface area contributed by atoms with E-state index >= 15 is 0 Å². The first-order valence-electron chi connectivity index (χ1n) is 6.49. The predicted octanol–water partition coefficient (Wildman–Crippen LogP) is 1.58. The van der Waals surface area contributed by atoms with Gasteiger partial charge in [-0.1, -0.05) is 13.8 Å². The third-order valence-electron chi connectivity index (χ3n) is 2.93. The van der Waals surface area contributed by atoms with Gasteiger partial charge in [0.1, 0.15) is 12.7 Å². The van der Waals surface area contributed by atoms with E-state index in [1.807, 2.05) is 0 Å². The number of nitrogens with zero attached hydrogens (tertiary/aromatic N) is 6. The monoisotopic (exact) mass is 311 g/mol. The van der Waals surface area contributed by atoms with E-state index in [0.29, 0.717) is 25.0 Å². The Morgan fingerprint density at radius 2 is 2.14 bits per heavy atom. The molecule has 0 amide bonds. The second kappa shape index (κ2) is 6.77. The number of anilines is 1. The van der Waals surface area contributed by atoms with Gasteiger partial charge in [0.2, 0.25) is 11.2 Å². The number of halogens is 1. The Bertz CT molecular complexity index is 573. The highest BCUT2D eigenvalue weighted by atomic mass is 35.5. The molecule has 9 heteroatoms. The van der Waals surface area contributed by atoms with Gasteiger partial charge in [-0.05, 0) is 23.4 Å². The van der Waals surface area contributed by atoms with Crippen molar-refractivity contribution < 1.29 is 4.74 Å². The fraction of sp³-hybridized carbons (Fsp3) is 0.583. The lowest BCUT2D eigenvalue weighted by molar-refractivity contribution is 0.157. The Labute approximate surface area is 127 Å². The van der Waals surface area contributed by atoms with Gasteiger partial charge in [0, 0.05) is 20.3 Å². The zero-order chi connectivity index (χ0) is 15.3. The van der Waals surface area contributed by atoms with Crippen molar-refractivity contribution in [1.82, 2.24) is 29.7 Å². The molecule has 0 fully saturated rings. The molecule has 114 valence electrons. The van der Waals surface area contributed by atoms with Crippen LogP contribution in [0.5, 0.6) is 0 Å².